The van der Waals surface area contributed by atoms with E-state index in [1.807, 2.05) is 70.5 Å². The second-order valence-electron chi connectivity index (χ2n) is 12.0. The van der Waals surface area contributed by atoms with Crippen LogP contribution in [0.25, 0.3) is 0 Å². The summed E-state index contributed by atoms with van der Waals surface area (Å²) in [7, 11) is 0. The summed E-state index contributed by atoms with van der Waals surface area (Å²) < 4.78 is 62.1. The number of hydrogen-bond donors (Lipinski definition) is 0. The maximum absolute atomic E-state index is 12.7. The lowest BCUT2D eigenvalue weighted by Crippen LogP contribution is -2.23. The van der Waals surface area contributed by atoms with Crippen LogP contribution in [0.4, 0.5) is 17.6 Å². The van der Waals surface area contributed by atoms with Crippen molar-refractivity contribution in [3.05, 3.63) is 127 Å². The third-order valence-corrected chi connectivity index (χ3v) is 10.5. The van der Waals surface area contributed by atoms with Crippen molar-refractivity contribution in [3.63, 3.8) is 0 Å². The molecule has 4 aliphatic rings. The Morgan fingerprint density at radius 1 is 0.583 bits per heavy atom. The molecule has 0 radical (unpaired) electrons. The van der Waals surface area contributed by atoms with E-state index in [-0.39, 0.29) is 47.2 Å². The van der Waals surface area contributed by atoms with Gasteiger partial charge in [0.1, 0.15) is 11.5 Å². The minimum Gasteiger partial charge on any atom is -0.435 e. The first-order valence-corrected chi connectivity index (χ1v) is 17.0. The van der Waals surface area contributed by atoms with Crippen LogP contribution in [0, 0.1) is 0 Å². The number of hydrogen-bond acceptors (Lipinski definition) is 4. The topological polar surface area (TPSA) is 59.1 Å². The zero-order chi connectivity index (χ0) is 33.7. The van der Waals surface area contributed by atoms with E-state index in [9.17, 15) is 27.2 Å². The third kappa shape index (κ3) is 5.87. The van der Waals surface area contributed by atoms with Gasteiger partial charge in [0.05, 0.1) is 12.1 Å². The molecule has 48 heavy (non-hydrogen) atoms. The van der Waals surface area contributed by atoms with Gasteiger partial charge in [0.15, 0.2) is 0 Å². The Hall–Kier alpha value is -3.90. The Balaban J connectivity index is 0.000000152. The van der Waals surface area contributed by atoms with Crippen LogP contribution in [0.5, 0.6) is 11.5 Å². The van der Waals surface area contributed by atoms with Crippen LogP contribution in [-0.4, -0.2) is 47.9 Å². The van der Waals surface area contributed by atoms with Crippen LogP contribution in [0.15, 0.2) is 93.9 Å². The number of carbonyl (C=O) groups is 2. The van der Waals surface area contributed by atoms with E-state index in [4.69, 9.17) is 9.47 Å². The van der Waals surface area contributed by atoms with Crippen LogP contribution >= 0.6 is 31.9 Å². The van der Waals surface area contributed by atoms with Gasteiger partial charge in [0.2, 0.25) is 0 Å². The van der Waals surface area contributed by atoms with E-state index in [2.05, 4.69) is 31.9 Å². The van der Waals surface area contributed by atoms with Gasteiger partial charge in [-0.15, -0.1) is 0 Å². The summed E-state index contributed by atoms with van der Waals surface area (Å²) in [4.78, 5) is 28.8. The lowest BCUT2D eigenvalue weighted by Gasteiger charge is -2.23. The van der Waals surface area contributed by atoms with Crippen molar-refractivity contribution in [2.75, 3.05) is 13.1 Å². The molecular formula is C36H28Br2F4N2O4. The Morgan fingerprint density at radius 2 is 0.979 bits per heavy atom. The van der Waals surface area contributed by atoms with Gasteiger partial charge in [-0.1, -0.05) is 68.3 Å². The fourth-order valence-corrected chi connectivity index (χ4v) is 8.45. The Morgan fingerprint density at radius 3 is 1.38 bits per heavy atom. The Bertz CT molecular complexity index is 1760. The predicted octanol–water partition coefficient (Wildman–Crippen LogP) is 9.47. The van der Waals surface area contributed by atoms with Gasteiger partial charge in [0, 0.05) is 45.0 Å². The summed E-state index contributed by atoms with van der Waals surface area (Å²) in [5, 5.41) is 0. The first-order chi connectivity index (χ1) is 23.1. The number of para-hydroxylation sites is 2. The molecule has 4 heterocycles. The summed E-state index contributed by atoms with van der Waals surface area (Å²) in [5.74, 6) is 0.291. The van der Waals surface area contributed by atoms with E-state index < -0.39 is 13.2 Å². The van der Waals surface area contributed by atoms with Crippen LogP contribution in [-0.2, 0) is 0 Å². The highest BCUT2D eigenvalue weighted by molar-refractivity contribution is 9.10. The number of rotatable bonds is 6. The maximum atomic E-state index is 12.7. The summed E-state index contributed by atoms with van der Waals surface area (Å²) >= 11 is 6.90. The first-order valence-electron chi connectivity index (χ1n) is 15.4. The molecule has 0 N–H and O–H groups in total. The van der Waals surface area contributed by atoms with Crippen LogP contribution in [0.3, 0.4) is 0 Å². The molecule has 8 rings (SSSR count). The standard InChI is InChI=1S/2C18H14BrF2NO2/c2*19-10-5-6-13-14(9-10)16-12(7-8-22(16)17(13)23)11-3-1-2-4-15(11)24-18(20)21/h2*1-6,9,12,16,18H,7-8H2/t2*12-,16-/m10/s1. The highest BCUT2D eigenvalue weighted by Crippen LogP contribution is 2.53. The molecule has 2 amide bonds. The van der Waals surface area contributed by atoms with Crippen LogP contribution in [0.2, 0.25) is 0 Å². The second-order valence-corrected chi connectivity index (χ2v) is 13.8. The van der Waals surface area contributed by atoms with Crippen molar-refractivity contribution in [2.45, 2.75) is 50.0 Å². The zero-order valence-corrected chi connectivity index (χ0v) is 28.3. The van der Waals surface area contributed by atoms with E-state index in [0.29, 0.717) is 24.2 Å². The van der Waals surface area contributed by atoms with Gasteiger partial charge >= 0.3 is 13.2 Å². The molecule has 4 aliphatic heterocycles. The largest absolute Gasteiger partial charge is 0.435 e. The highest BCUT2D eigenvalue weighted by atomic mass is 79.9. The molecule has 0 unspecified atom stereocenters. The molecule has 12 heteroatoms. The minimum absolute atomic E-state index is 0.0114. The van der Waals surface area contributed by atoms with Gasteiger partial charge < -0.3 is 19.3 Å². The molecule has 0 saturated carbocycles. The molecule has 4 aromatic carbocycles. The van der Waals surface area contributed by atoms with Gasteiger partial charge in [-0.3, -0.25) is 9.59 Å². The van der Waals surface area contributed by atoms with Crippen molar-refractivity contribution in [2.24, 2.45) is 0 Å². The number of benzene rings is 4. The van der Waals surface area contributed by atoms with Gasteiger partial charge in [0.25, 0.3) is 11.8 Å². The average molecular weight is 788 g/mol. The number of amides is 2. The van der Waals surface area contributed by atoms with Crippen molar-refractivity contribution < 1.29 is 36.6 Å². The molecule has 248 valence electrons. The lowest BCUT2D eigenvalue weighted by atomic mass is 9.87. The molecule has 2 saturated heterocycles. The first kappa shape index (κ1) is 32.6. The molecule has 0 aliphatic carbocycles. The zero-order valence-electron chi connectivity index (χ0n) is 25.2. The van der Waals surface area contributed by atoms with Gasteiger partial charge in [-0.25, -0.2) is 0 Å². The number of fused-ring (bicyclic) bond motifs is 6. The molecular weight excluding hydrogens is 760 g/mol. The fourth-order valence-electron chi connectivity index (χ4n) is 7.70. The van der Waals surface area contributed by atoms with E-state index in [1.54, 1.807) is 24.3 Å². The predicted molar refractivity (Wildman–Crippen MR) is 177 cm³/mol. The number of alkyl halides is 4. The molecule has 4 aromatic rings. The third-order valence-electron chi connectivity index (χ3n) is 9.51. The number of halogens is 6. The Kier molecular flexibility index (Phi) is 8.97. The Labute approximate surface area is 290 Å². The van der Waals surface area contributed by atoms with Crippen molar-refractivity contribution in [1.29, 1.82) is 0 Å². The molecule has 0 spiro atoms. The van der Waals surface area contributed by atoms with Crippen LogP contribution in [0.1, 0.15) is 79.7 Å². The smallest absolute Gasteiger partial charge is 0.387 e. The van der Waals surface area contributed by atoms with Crippen molar-refractivity contribution >= 4 is 43.7 Å². The van der Waals surface area contributed by atoms with Crippen molar-refractivity contribution in [1.82, 2.24) is 9.80 Å². The molecule has 6 nitrogen and oxygen atoms in total. The average Bonchev–Trinajstić information content (AvgIpc) is 3.80. The number of ether oxygens (including phenoxy) is 2. The van der Waals surface area contributed by atoms with E-state index in [1.165, 1.54) is 0 Å². The monoisotopic (exact) mass is 786 g/mol. The summed E-state index contributed by atoms with van der Waals surface area (Å²) in [5.41, 5.74) is 4.74. The highest BCUT2D eigenvalue weighted by Gasteiger charge is 2.48. The molecule has 0 bridgehead atoms. The molecule has 0 aromatic heterocycles. The second kappa shape index (κ2) is 13.2. The summed E-state index contributed by atoms with van der Waals surface area (Å²) in [6.07, 6.45) is 1.46. The van der Waals surface area contributed by atoms with Crippen LogP contribution < -0.4 is 9.47 Å². The normalized spacial score (nSPS) is 22.0. The maximum Gasteiger partial charge on any atom is 0.387 e. The number of carbonyl (C=O) groups excluding carboxylic acids is 2. The lowest BCUT2D eigenvalue weighted by molar-refractivity contribution is -0.0513. The quantitative estimate of drug-likeness (QED) is 0.183. The van der Waals surface area contributed by atoms with Crippen molar-refractivity contribution in [3.8, 4) is 11.5 Å². The molecule has 2 fully saturated rings. The SMILES string of the molecule is O=C1c2ccc(Br)cc2[C@@H]2[C@H](c3ccccc3OC(F)F)CCN12.O=C1c2ccc(Br)cc2[C@H]2[C@@H](c3ccccc3OC(F)F)CCN12. The number of nitrogens with zero attached hydrogens (tertiary/aromatic N) is 2. The van der Waals surface area contributed by atoms with E-state index in [0.717, 1.165) is 44.0 Å². The summed E-state index contributed by atoms with van der Waals surface area (Å²) in [6.45, 7) is -4.50. The van der Waals surface area contributed by atoms with Gasteiger partial charge in [-0.2, -0.15) is 17.6 Å². The molecule has 4 atom stereocenters. The summed E-state index contributed by atoms with van der Waals surface area (Å²) in [6, 6.07) is 24.7. The minimum atomic E-state index is -2.87. The van der Waals surface area contributed by atoms with E-state index >= 15 is 0 Å². The van der Waals surface area contributed by atoms with Gasteiger partial charge in [-0.05, 0) is 83.6 Å². The fraction of sp³-hybridized carbons (Fsp3) is 0.278.